The monoisotopic (exact) mass is 286 g/mol. The van der Waals surface area contributed by atoms with Crippen molar-refractivity contribution in [1.82, 2.24) is 10.6 Å². The van der Waals surface area contributed by atoms with E-state index in [1.54, 1.807) is 0 Å². The van der Waals surface area contributed by atoms with E-state index in [4.69, 9.17) is 4.74 Å². The number of likely N-dealkylation sites (N-methyl/N-ethyl adjacent to an activating group) is 1. The predicted molar refractivity (Wildman–Crippen MR) is 80.2 cm³/mol. The molecular formula is C14H23ClN2O2. The lowest BCUT2D eigenvalue weighted by molar-refractivity contribution is -0.123. The molecule has 0 saturated carbocycles. The van der Waals surface area contributed by atoms with Crippen LogP contribution in [0.25, 0.3) is 0 Å². The van der Waals surface area contributed by atoms with Gasteiger partial charge >= 0.3 is 0 Å². The number of benzene rings is 1. The summed E-state index contributed by atoms with van der Waals surface area (Å²) in [6, 6.07) is 5.92. The molecule has 0 aliphatic heterocycles. The normalized spacial score (nSPS) is 9.63. The van der Waals surface area contributed by atoms with Crippen LogP contribution >= 0.6 is 12.4 Å². The number of aryl methyl sites for hydroxylation is 2. The van der Waals surface area contributed by atoms with Gasteiger partial charge in [0.1, 0.15) is 5.75 Å². The van der Waals surface area contributed by atoms with Gasteiger partial charge in [-0.1, -0.05) is 24.6 Å². The Morgan fingerprint density at radius 3 is 2.63 bits per heavy atom. The minimum Gasteiger partial charge on any atom is -0.484 e. The molecule has 0 fully saturated rings. The number of hydrogen-bond acceptors (Lipinski definition) is 3. The van der Waals surface area contributed by atoms with Gasteiger partial charge in [-0.25, -0.2) is 0 Å². The van der Waals surface area contributed by atoms with Crippen LogP contribution in [0.2, 0.25) is 0 Å². The van der Waals surface area contributed by atoms with E-state index in [1.807, 2.05) is 39.0 Å². The third-order valence-corrected chi connectivity index (χ3v) is 2.56. The van der Waals surface area contributed by atoms with Gasteiger partial charge in [-0.05, 0) is 32.0 Å². The Morgan fingerprint density at radius 1 is 1.26 bits per heavy atom. The standard InChI is InChI=1S/C14H22N2O2.ClH/c1-4-15-7-8-16-14(17)10-18-13-6-5-11(2)9-12(13)3;/h5-6,9,15H,4,7-8,10H2,1-3H3,(H,16,17);1H. The number of nitrogens with one attached hydrogen (secondary N) is 2. The molecule has 1 aromatic carbocycles. The van der Waals surface area contributed by atoms with Gasteiger partial charge in [0, 0.05) is 13.1 Å². The van der Waals surface area contributed by atoms with Crippen LogP contribution in [0.4, 0.5) is 0 Å². The highest BCUT2D eigenvalue weighted by molar-refractivity contribution is 5.85. The topological polar surface area (TPSA) is 50.4 Å². The van der Waals surface area contributed by atoms with E-state index in [2.05, 4.69) is 10.6 Å². The third kappa shape index (κ3) is 7.03. The van der Waals surface area contributed by atoms with Gasteiger partial charge in [0.05, 0.1) is 0 Å². The molecule has 19 heavy (non-hydrogen) atoms. The van der Waals surface area contributed by atoms with E-state index in [9.17, 15) is 4.79 Å². The van der Waals surface area contributed by atoms with Crippen LogP contribution in [0.5, 0.6) is 5.75 Å². The van der Waals surface area contributed by atoms with Gasteiger partial charge in [0.15, 0.2) is 6.61 Å². The smallest absolute Gasteiger partial charge is 0.257 e. The van der Waals surface area contributed by atoms with Crippen molar-refractivity contribution in [2.24, 2.45) is 0 Å². The summed E-state index contributed by atoms with van der Waals surface area (Å²) in [6.45, 7) is 8.43. The van der Waals surface area contributed by atoms with Crippen molar-refractivity contribution < 1.29 is 9.53 Å². The maximum Gasteiger partial charge on any atom is 0.257 e. The zero-order valence-electron chi connectivity index (χ0n) is 11.8. The lowest BCUT2D eigenvalue weighted by Crippen LogP contribution is -2.34. The van der Waals surface area contributed by atoms with Crippen LogP contribution in [0.1, 0.15) is 18.1 Å². The molecule has 1 amide bonds. The fraction of sp³-hybridized carbons (Fsp3) is 0.500. The van der Waals surface area contributed by atoms with Crippen molar-refractivity contribution in [1.29, 1.82) is 0 Å². The van der Waals surface area contributed by atoms with Gasteiger partial charge in [-0.3, -0.25) is 4.79 Å². The van der Waals surface area contributed by atoms with Crippen molar-refractivity contribution >= 4 is 18.3 Å². The average Bonchev–Trinajstić information content (AvgIpc) is 2.33. The van der Waals surface area contributed by atoms with E-state index in [-0.39, 0.29) is 24.9 Å². The first-order chi connectivity index (χ1) is 8.63. The maximum atomic E-state index is 11.5. The average molecular weight is 287 g/mol. The van der Waals surface area contributed by atoms with E-state index in [0.29, 0.717) is 6.54 Å². The number of rotatable bonds is 7. The number of carbonyl (C=O) groups excluding carboxylic acids is 1. The molecule has 0 aromatic heterocycles. The van der Waals surface area contributed by atoms with E-state index in [1.165, 1.54) is 5.56 Å². The minimum atomic E-state index is -0.0899. The highest BCUT2D eigenvalue weighted by atomic mass is 35.5. The molecule has 1 rings (SSSR count). The number of halogens is 1. The Kier molecular flexibility index (Phi) is 9.00. The molecule has 0 bridgehead atoms. The molecule has 0 heterocycles. The summed E-state index contributed by atoms with van der Waals surface area (Å²) in [7, 11) is 0. The third-order valence-electron chi connectivity index (χ3n) is 2.56. The van der Waals surface area contributed by atoms with Crippen LogP contribution < -0.4 is 15.4 Å². The lowest BCUT2D eigenvalue weighted by atomic mass is 10.1. The predicted octanol–water partition coefficient (Wildman–Crippen LogP) is 1.83. The summed E-state index contributed by atoms with van der Waals surface area (Å²) in [6.07, 6.45) is 0. The molecule has 2 N–H and O–H groups in total. The highest BCUT2D eigenvalue weighted by Gasteiger charge is 2.04. The molecular weight excluding hydrogens is 264 g/mol. The molecule has 108 valence electrons. The van der Waals surface area contributed by atoms with E-state index in [0.717, 1.165) is 24.4 Å². The van der Waals surface area contributed by atoms with Gasteiger partial charge in [-0.2, -0.15) is 0 Å². The molecule has 5 heteroatoms. The van der Waals surface area contributed by atoms with Crippen LogP contribution in [0, 0.1) is 13.8 Å². The van der Waals surface area contributed by atoms with E-state index >= 15 is 0 Å². The summed E-state index contributed by atoms with van der Waals surface area (Å²) >= 11 is 0. The Hall–Kier alpha value is -1.26. The van der Waals surface area contributed by atoms with Crippen LogP contribution in [0.3, 0.4) is 0 Å². The molecule has 0 radical (unpaired) electrons. The first-order valence-electron chi connectivity index (χ1n) is 6.31. The number of carbonyl (C=O) groups is 1. The zero-order chi connectivity index (χ0) is 13.4. The fourth-order valence-electron chi connectivity index (χ4n) is 1.62. The van der Waals surface area contributed by atoms with Crippen LogP contribution in [-0.2, 0) is 4.79 Å². The molecule has 0 aliphatic carbocycles. The molecule has 4 nitrogen and oxygen atoms in total. The van der Waals surface area contributed by atoms with Crippen LogP contribution in [-0.4, -0.2) is 32.1 Å². The quantitative estimate of drug-likeness (QED) is 0.752. The van der Waals surface area contributed by atoms with Crippen molar-refractivity contribution in [2.75, 3.05) is 26.2 Å². The Morgan fingerprint density at radius 2 is 2.00 bits per heavy atom. The number of hydrogen-bond donors (Lipinski definition) is 2. The molecule has 0 spiro atoms. The SMILES string of the molecule is CCNCCNC(=O)COc1ccc(C)cc1C.Cl. The van der Waals surface area contributed by atoms with Gasteiger partial charge in [0.2, 0.25) is 0 Å². The Labute approximate surface area is 121 Å². The molecule has 0 unspecified atom stereocenters. The first kappa shape index (κ1) is 17.7. The second-order valence-corrected chi connectivity index (χ2v) is 4.26. The van der Waals surface area contributed by atoms with Crippen LogP contribution in [0.15, 0.2) is 18.2 Å². The Bertz CT molecular complexity index is 397. The molecule has 0 aliphatic rings. The summed E-state index contributed by atoms with van der Waals surface area (Å²) in [5.74, 6) is 0.676. The summed E-state index contributed by atoms with van der Waals surface area (Å²) in [5.41, 5.74) is 2.24. The van der Waals surface area contributed by atoms with Gasteiger partial charge in [-0.15, -0.1) is 12.4 Å². The number of ether oxygens (including phenoxy) is 1. The second kappa shape index (κ2) is 9.64. The van der Waals surface area contributed by atoms with Crippen molar-refractivity contribution in [3.05, 3.63) is 29.3 Å². The maximum absolute atomic E-state index is 11.5. The van der Waals surface area contributed by atoms with Crippen molar-refractivity contribution in [2.45, 2.75) is 20.8 Å². The lowest BCUT2D eigenvalue weighted by Gasteiger charge is -2.10. The Balaban J connectivity index is 0.00000324. The molecule has 0 atom stereocenters. The molecule has 1 aromatic rings. The largest absolute Gasteiger partial charge is 0.484 e. The molecule has 0 saturated heterocycles. The van der Waals surface area contributed by atoms with Crippen molar-refractivity contribution in [3.63, 3.8) is 0 Å². The summed E-state index contributed by atoms with van der Waals surface area (Å²) in [5, 5.41) is 5.93. The zero-order valence-corrected chi connectivity index (χ0v) is 12.6. The highest BCUT2D eigenvalue weighted by Crippen LogP contribution is 2.18. The van der Waals surface area contributed by atoms with Gasteiger partial charge in [0.25, 0.3) is 5.91 Å². The minimum absolute atomic E-state index is 0. The summed E-state index contributed by atoms with van der Waals surface area (Å²) in [4.78, 5) is 11.5. The fourth-order valence-corrected chi connectivity index (χ4v) is 1.62. The number of amides is 1. The van der Waals surface area contributed by atoms with Gasteiger partial charge < -0.3 is 15.4 Å². The first-order valence-corrected chi connectivity index (χ1v) is 6.31. The summed E-state index contributed by atoms with van der Waals surface area (Å²) < 4.78 is 5.48. The van der Waals surface area contributed by atoms with Crippen molar-refractivity contribution in [3.8, 4) is 5.75 Å². The van der Waals surface area contributed by atoms with E-state index < -0.39 is 0 Å². The second-order valence-electron chi connectivity index (χ2n) is 4.26.